The van der Waals surface area contributed by atoms with Crippen molar-refractivity contribution in [3.05, 3.63) is 84.4 Å². The highest BCUT2D eigenvalue weighted by Gasteiger charge is 2.26. The summed E-state index contributed by atoms with van der Waals surface area (Å²) in [6, 6.07) is 21.0. The number of cyclic esters (lactones) is 1. The zero-order chi connectivity index (χ0) is 21.8. The van der Waals surface area contributed by atoms with Gasteiger partial charge in [-0.1, -0.05) is 36.4 Å². The van der Waals surface area contributed by atoms with Crippen LogP contribution >= 0.6 is 0 Å². The summed E-state index contributed by atoms with van der Waals surface area (Å²) in [4.78, 5) is 26.3. The minimum atomic E-state index is -3.78. The summed E-state index contributed by atoms with van der Waals surface area (Å²) in [6.45, 7) is 0.674. The monoisotopic (exact) mass is 437 g/mol. The van der Waals surface area contributed by atoms with Crippen molar-refractivity contribution in [1.29, 1.82) is 0 Å². The number of ether oxygens (including phenoxy) is 1. The van der Waals surface area contributed by atoms with Gasteiger partial charge < -0.3 is 10.1 Å². The molecule has 2 amide bonds. The van der Waals surface area contributed by atoms with E-state index < -0.39 is 22.0 Å². The van der Waals surface area contributed by atoms with Crippen LogP contribution in [0.1, 0.15) is 10.4 Å². The van der Waals surface area contributed by atoms with E-state index in [-0.39, 0.29) is 22.8 Å². The molecule has 9 heteroatoms. The van der Waals surface area contributed by atoms with Gasteiger partial charge in [0.25, 0.3) is 15.9 Å². The van der Waals surface area contributed by atoms with Crippen molar-refractivity contribution < 1.29 is 22.7 Å². The Labute approximate surface area is 179 Å². The van der Waals surface area contributed by atoms with E-state index in [9.17, 15) is 18.0 Å². The van der Waals surface area contributed by atoms with Crippen LogP contribution in [-0.4, -0.2) is 33.6 Å². The van der Waals surface area contributed by atoms with Gasteiger partial charge >= 0.3 is 6.09 Å². The first-order valence-electron chi connectivity index (χ1n) is 9.47. The van der Waals surface area contributed by atoms with Gasteiger partial charge in [0.05, 0.1) is 22.8 Å². The molecule has 158 valence electrons. The predicted octanol–water partition coefficient (Wildman–Crippen LogP) is 3.70. The Morgan fingerprint density at radius 3 is 2.42 bits per heavy atom. The number of nitrogens with zero attached hydrogens (tertiary/aromatic N) is 1. The van der Waals surface area contributed by atoms with Crippen LogP contribution in [0.3, 0.4) is 0 Å². The molecule has 3 aromatic rings. The number of rotatable bonds is 6. The Kier molecular flexibility index (Phi) is 5.59. The molecular formula is C22H19N3O5S. The molecule has 0 bridgehead atoms. The van der Waals surface area contributed by atoms with Gasteiger partial charge in [0.1, 0.15) is 6.61 Å². The fourth-order valence-electron chi connectivity index (χ4n) is 3.16. The normalized spacial score (nSPS) is 13.5. The number of anilines is 3. The summed E-state index contributed by atoms with van der Waals surface area (Å²) in [6.07, 6.45) is -0.473. The number of hydrogen-bond acceptors (Lipinski definition) is 5. The lowest BCUT2D eigenvalue weighted by Gasteiger charge is -2.18. The van der Waals surface area contributed by atoms with Crippen molar-refractivity contribution in [1.82, 2.24) is 0 Å². The third-order valence-corrected chi connectivity index (χ3v) is 6.03. The molecule has 1 heterocycles. The van der Waals surface area contributed by atoms with Gasteiger partial charge in [-0.2, -0.15) is 0 Å². The molecule has 0 unspecified atom stereocenters. The van der Waals surface area contributed by atoms with Crippen LogP contribution in [-0.2, 0) is 14.8 Å². The van der Waals surface area contributed by atoms with Crippen LogP contribution in [0.2, 0.25) is 0 Å². The molecule has 0 saturated carbocycles. The molecule has 0 spiro atoms. The second-order valence-electron chi connectivity index (χ2n) is 6.74. The van der Waals surface area contributed by atoms with E-state index in [4.69, 9.17) is 4.74 Å². The molecular weight excluding hydrogens is 418 g/mol. The molecule has 0 radical (unpaired) electrons. The van der Waals surface area contributed by atoms with Gasteiger partial charge in [-0.3, -0.25) is 14.4 Å². The van der Waals surface area contributed by atoms with Gasteiger partial charge in [-0.05, 0) is 42.5 Å². The summed E-state index contributed by atoms with van der Waals surface area (Å²) in [5.74, 6) is -0.444. The Balaban J connectivity index is 1.54. The largest absolute Gasteiger partial charge is 0.447 e. The van der Waals surface area contributed by atoms with Crippen LogP contribution < -0.4 is 14.9 Å². The number of hydrogen-bond donors (Lipinski definition) is 2. The van der Waals surface area contributed by atoms with E-state index in [1.807, 2.05) is 0 Å². The van der Waals surface area contributed by atoms with E-state index >= 15 is 0 Å². The molecule has 8 nitrogen and oxygen atoms in total. The Morgan fingerprint density at radius 2 is 1.68 bits per heavy atom. The van der Waals surface area contributed by atoms with Crippen LogP contribution in [0, 0.1) is 0 Å². The number of para-hydroxylation sites is 2. The number of amides is 2. The average molecular weight is 437 g/mol. The van der Waals surface area contributed by atoms with Gasteiger partial charge in [0.15, 0.2) is 0 Å². The molecule has 3 aromatic carbocycles. The van der Waals surface area contributed by atoms with Crippen molar-refractivity contribution in [3.63, 3.8) is 0 Å². The van der Waals surface area contributed by atoms with Crippen LogP contribution in [0.4, 0.5) is 21.9 Å². The minimum Gasteiger partial charge on any atom is -0.447 e. The number of nitrogens with one attached hydrogen (secondary N) is 2. The third-order valence-electron chi connectivity index (χ3n) is 4.63. The van der Waals surface area contributed by atoms with Crippen molar-refractivity contribution in [2.24, 2.45) is 0 Å². The first-order chi connectivity index (χ1) is 14.9. The molecule has 0 aromatic heterocycles. The third kappa shape index (κ3) is 4.51. The van der Waals surface area contributed by atoms with Crippen molar-refractivity contribution in [2.45, 2.75) is 4.90 Å². The zero-order valence-corrected chi connectivity index (χ0v) is 17.1. The Bertz CT molecular complexity index is 1230. The topological polar surface area (TPSA) is 105 Å². The molecule has 0 aliphatic carbocycles. The van der Waals surface area contributed by atoms with Crippen molar-refractivity contribution in [3.8, 4) is 0 Å². The standard InChI is InChI=1S/C22H19N3O5S/c26-21(23-19-11-4-5-12-20(19)25-13-14-30-22(25)27)16-7-6-8-17(15-16)24-31(28,29)18-9-2-1-3-10-18/h1-12,15,24H,13-14H2,(H,23,26). The summed E-state index contributed by atoms with van der Waals surface area (Å²) in [5.41, 5.74) is 1.49. The van der Waals surface area contributed by atoms with Gasteiger partial charge in [-0.25, -0.2) is 13.2 Å². The summed E-state index contributed by atoms with van der Waals surface area (Å²) >= 11 is 0. The predicted molar refractivity (Wildman–Crippen MR) is 117 cm³/mol. The Morgan fingerprint density at radius 1 is 0.935 bits per heavy atom. The summed E-state index contributed by atoms with van der Waals surface area (Å²) in [7, 11) is -3.78. The highest BCUT2D eigenvalue weighted by atomic mass is 32.2. The van der Waals surface area contributed by atoms with Crippen molar-refractivity contribution in [2.75, 3.05) is 28.1 Å². The number of benzene rings is 3. The lowest BCUT2D eigenvalue weighted by molar-refractivity contribution is 0.102. The molecule has 1 aliphatic rings. The smallest absolute Gasteiger partial charge is 0.414 e. The Hall–Kier alpha value is -3.85. The number of carbonyl (C=O) groups is 2. The maximum absolute atomic E-state index is 12.8. The SMILES string of the molecule is O=C(Nc1ccccc1N1CCOC1=O)c1cccc(NS(=O)(=O)c2ccccc2)c1. The molecule has 31 heavy (non-hydrogen) atoms. The first-order valence-corrected chi connectivity index (χ1v) is 10.9. The van der Waals surface area contributed by atoms with Crippen LogP contribution in [0.15, 0.2) is 83.8 Å². The fourth-order valence-corrected chi connectivity index (χ4v) is 4.23. The molecule has 1 fully saturated rings. The van der Waals surface area contributed by atoms with Gasteiger partial charge in [0, 0.05) is 11.3 Å². The van der Waals surface area contributed by atoms with Gasteiger partial charge in [-0.15, -0.1) is 0 Å². The second-order valence-corrected chi connectivity index (χ2v) is 8.42. The van der Waals surface area contributed by atoms with E-state index in [0.717, 1.165) is 0 Å². The number of carbonyl (C=O) groups excluding carboxylic acids is 2. The fraction of sp³-hybridized carbons (Fsp3) is 0.0909. The number of sulfonamides is 1. The van der Waals surface area contributed by atoms with Crippen LogP contribution in [0.25, 0.3) is 0 Å². The quantitative estimate of drug-likeness (QED) is 0.612. The zero-order valence-electron chi connectivity index (χ0n) is 16.3. The maximum Gasteiger partial charge on any atom is 0.414 e. The van der Waals surface area contributed by atoms with Gasteiger partial charge in [0.2, 0.25) is 0 Å². The summed E-state index contributed by atoms with van der Waals surface area (Å²) in [5, 5.41) is 2.78. The first kappa shape index (κ1) is 20.4. The average Bonchev–Trinajstić information content (AvgIpc) is 3.20. The van der Waals surface area contributed by atoms with E-state index in [1.165, 1.54) is 23.1 Å². The van der Waals surface area contributed by atoms with E-state index in [0.29, 0.717) is 17.9 Å². The lowest BCUT2D eigenvalue weighted by Crippen LogP contribution is -2.25. The summed E-state index contributed by atoms with van der Waals surface area (Å²) < 4.78 is 32.5. The highest BCUT2D eigenvalue weighted by Crippen LogP contribution is 2.28. The maximum atomic E-state index is 12.8. The molecule has 0 atom stereocenters. The van der Waals surface area contributed by atoms with E-state index in [2.05, 4.69) is 10.0 Å². The molecule has 1 aliphatic heterocycles. The van der Waals surface area contributed by atoms with E-state index in [1.54, 1.807) is 60.7 Å². The van der Waals surface area contributed by atoms with Crippen molar-refractivity contribution >= 4 is 39.1 Å². The second kappa shape index (κ2) is 8.49. The lowest BCUT2D eigenvalue weighted by atomic mass is 10.1. The highest BCUT2D eigenvalue weighted by molar-refractivity contribution is 7.92. The van der Waals surface area contributed by atoms with Crippen LogP contribution in [0.5, 0.6) is 0 Å². The minimum absolute atomic E-state index is 0.122. The molecule has 4 rings (SSSR count). The molecule has 1 saturated heterocycles. The molecule has 2 N–H and O–H groups in total.